The average molecular weight is 331 g/mol. The smallest absolute Gasteiger partial charge is 0.293 e. The lowest BCUT2D eigenvalue weighted by Gasteiger charge is -2.25. The standard InChI is InChI=1S/C16H17N3O3S/c1-10(20)12-5-6-15(16(8-12)19(21)22)18-7-3-4-14(18)13-9-23-11(2)17-13/h5-6,8-9,14H,3-4,7H2,1-2H3. The highest BCUT2D eigenvalue weighted by Crippen LogP contribution is 2.40. The van der Waals surface area contributed by atoms with Crippen LogP contribution in [0.2, 0.25) is 0 Å². The number of hydrogen-bond acceptors (Lipinski definition) is 6. The Labute approximate surface area is 137 Å². The van der Waals surface area contributed by atoms with E-state index in [1.165, 1.54) is 13.0 Å². The van der Waals surface area contributed by atoms with Crippen LogP contribution in [0.25, 0.3) is 0 Å². The van der Waals surface area contributed by atoms with E-state index in [4.69, 9.17) is 0 Å². The normalized spacial score (nSPS) is 17.5. The van der Waals surface area contributed by atoms with Crippen LogP contribution in [0.3, 0.4) is 0 Å². The topological polar surface area (TPSA) is 76.3 Å². The van der Waals surface area contributed by atoms with E-state index in [2.05, 4.69) is 4.98 Å². The van der Waals surface area contributed by atoms with Crippen molar-refractivity contribution in [1.29, 1.82) is 0 Å². The van der Waals surface area contributed by atoms with Crippen molar-refractivity contribution in [3.8, 4) is 0 Å². The van der Waals surface area contributed by atoms with Gasteiger partial charge < -0.3 is 4.90 Å². The fraction of sp³-hybridized carbons (Fsp3) is 0.375. The molecule has 1 fully saturated rings. The Kier molecular flexibility index (Phi) is 4.12. The molecule has 7 heteroatoms. The molecule has 2 aromatic rings. The summed E-state index contributed by atoms with van der Waals surface area (Å²) in [7, 11) is 0. The van der Waals surface area contributed by atoms with Crippen molar-refractivity contribution in [2.45, 2.75) is 32.7 Å². The van der Waals surface area contributed by atoms with Gasteiger partial charge in [0.25, 0.3) is 5.69 Å². The number of nitro groups is 1. The van der Waals surface area contributed by atoms with Crippen molar-refractivity contribution >= 4 is 28.5 Å². The number of aryl methyl sites for hydroxylation is 1. The van der Waals surface area contributed by atoms with E-state index in [0.29, 0.717) is 11.3 Å². The summed E-state index contributed by atoms with van der Waals surface area (Å²) in [5, 5.41) is 14.5. The minimum absolute atomic E-state index is 0.0171. The molecule has 2 heterocycles. The maximum absolute atomic E-state index is 11.5. The number of aromatic nitrogens is 1. The number of carbonyl (C=O) groups is 1. The summed E-state index contributed by atoms with van der Waals surface area (Å²) in [4.78, 5) is 29.1. The van der Waals surface area contributed by atoms with Gasteiger partial charge in [-0.1, -0.05) is 0 Å². The van der Waals surface area contributed by atoms with E-state index in [0.717, 1.165) is 30.1 Å². The second-order valence-electron chi connectivity index (χ2n) is 5.66. The van der Waals surface area contributed by atoms with Crippen molar-refractivity contribution in [1.82, 2.24) is 4.98 Å². The van der Waals surface area contributed by atoms with Crippen LogP contribution in [0.4, 0.5) is 11.4 Å². The van der Waals surface area contributed by atoms with E-state index in [9.17, 15) is 14.9 Å². The molecule has 0 bridgehead atoms. The molecule has 6 nitrogen and oxygen atoms in total. The third kappa shape index (κ3) is 2.96. The highest BCUT2D eigenvalue weighted by Gasteiger charge is 2.32. The molecule has 1 saturated heterocycles. The highest BCUT2D eigenvalue weighted by atomic mass is 32.1. The average Bonchev–Trinajstić information content (AvgIpc) is 3.14. The van der Waals surface area contributed by atoms with Crippen molar-refractivity contribution in [3.63, 3.8) is 0 Å². The zero-order valence-electron chi connectivity index (χ0n) is 13.0. The maximum atomic E-state index is 11.5. The molecule has 0 radical (unpaired) electrons. The van der Waals surface area contributed by atoms with E-state index < -0.39 is 4.92 Å². The van der Waals surface area contributed by atoms with Crippen molar-refractivity contribution < 1.29 is 9.72 Å². The molecule has 0 N–H and O–H groups in total. The molecule has 3 rings (SSSR count). The monoisotopic (exact) mass is 331 g/mol. The molecule has 1 aromatic heterocycles. The number of nitrogens with zero attached hydrogens (tertiary/aromatic N) is 3. The Morgan fingerprint density at radius 2 is 2.26 bits per heavy atom. The second-order valence-corrected chi connectivity index (χ2v) is 6.72. The number of Topliss-reactive ketones (excluding diaryl/α,β-unsaturated/α-hetero) is 1. The van der Waals surface area contributed by atoms with Crippen LogP contribution >= 0.6 is 11.3 Å². The first-order valence-corrected chi connectivity index (χ1v) is 8.33. The lowest BCUT2D eigenvalue weighted by molar-refractivity contribution is -0.384. The summed E-state index contributed by atoms with van der Waals surface area (Å²) in [5.74, 6) is -0.173. The second kappa shape index (κ2) is 6.08. The number of anilines is 1. The van der Waals surface area contributed by atoms with Gasteiger partial charge in [0.2, 0.25) is 0 Å². The number of ketones is 1. The third-order valence-corrected chi connectivity index (χ3v) is 4.91. The van der Waals surface area contributed by atoms with Gasteiger partial charge in [-0.2, -0.15) is 0 Å². The van der Waals surface area contributed by atoms with Gasteiger partial charge in [-0.05, 0) is 38.8 Å². The number of rotatable bonds is 4. The maximum Gasteiger partial charge on any atom is 0.293 e. The van der Waals surface area contributed by atoms with Crippen LogP contribution in [-0.4, -0.2) is 22.2 Å². The Bertz CT molecular complexity index is 772. The Morgan fingerprint density at radius 1 is 1.48 bits per heavy atom. The summed E-state index contributed by atoms with van der Waals surface area (Å²) in [6, 6.07) is 4.78. The summed E-state index contributed by atoms with van der Waals surface area (Å²) >= 11 is 1.59. The minimum atomic E-state index is -0.413. The van der Waals surface area contributed by atoms with Crippen LogP contribution in [0, 0.1) is 17.0 Å². The number of benzene rings is 1. The van der Waals surface area contributed by atoms with E-state index >= 15 is 0 Å². The van der Waals surface area contributed by atoms with Gasteiger partial charge in [0.1, 0.15) is 5.69 Å². The summed E-state index contributed by atoms with van der Waals surface area (Å²) in [6.45, 7) is 4.12. The summed E-state index contributed by atoms with van der Waals surface area (Å²) in [6.07, 6.45) is 1.89. The fourth-order valence-corrected chi connectivity index (χ4v) is 3.69. The molecule has 1 aromatic carbocycles. The zero-order valence-corrected chi connectivity index (χ0v) is 13.8. The molecule has 0 spiro atoms. The van der Waals surface area contributed by atoms with Gasteiger partial charge in [0.15, 0.2) is 5.78 Å². The molecule has 23 heavy (non-hydrogen) atoms. The number of nitro benzene ring substituents is 1. The minimum Gasteiger partial charge on any atom is -0.357 e. The lowest BCUT2D eigenvalue weighted by atomic mass is 10.1. The van der Waals surface area contributed by atoms with Crippen LogP contribution in [0.1, 0.15) is 46.9 Å². The molecule has 1 atom stereocenters. The Hall–Kier alpha value is -2.28. The van der Waals surface area contributed by atoms with Gasteiger partial charge in [0.05, 0.1) is 21.7 Å². The summed E-state index contributed by atoms with van der Waals surface area (Å²) in [5.41, 5.74) is 1.88. The van der Waals surface area contributed by atoms with Gasteiger partial charge in [0, 0.05) is 23.6 Å². The molecule has 120 valence electrons. The Balaban J connectivity index is 2.02. The van der Waals surface area contributed by atoms with Crippen LogP contribution in [0.15, 0.2) is 23.6 Å². The quantitative estimate of drug-likeness (QED) is 0.482. The lowest BCUT2D eigenvalue weighted by Crippen LogP contribution is -2.23. The Morgan fingerprint density at radius 3 is 2.87 bits per heavy atom. The van der Waals surface area contributed by atoms with Gasteiger partial charge in [-0.15, -0.1) is 11.3 Å². The molecule has 0 amide bonds. The van der Waals surface area contributed by atoms with Gasteiger partial charge in [-0.25, -0.2) is 4.98 Å². The molecule has 0 aliphatic carbocycles. The van der Waals surface area contributed by atoms with E-state index in [1.54, 1.807) is 23.5 Å². The predicted octanol–water partition coefficient (Wildman–Crippen LogP) is 3.90. The molecule has 1 aliphatic heterocycles. The van der Waals surface area contributed by atoms with Crippen LogP contribution < -0.4 is 4.90 Å². The van der Waals surface area contributed by atoms with Crippen LogP contribution in [-0.2, 0) is 0 Å². The molecular formula is C16H17N3O3S. The van der Waals surface area contributed by atoms with Gasteiger partial charge in [-0.3, -0.25) is 14.9 Å². The molecule has 0 saturated carbocycles. The number of hydrogen-bond donors (Lipinski definition) is 0. The van der Waals surface area contributed by atoms with Crippen molar-refractivity contribution in [2.24, 2.45) is 0 Å². The molecule has 1 unspecified atom stereocenters. The summed E-state index contributed by atoms with van der Waals surface area (Å²) < 4.78 is 0. The SMILES string of the molecule is CC(=O)c1ccc(N2CCCC2c2csc(C)n2)c([N+](=O)[O-])c1. The van der Waals surface area contributed by atoms with Gasteiger partial charge >= 0.3 is 0 Å². The van der Waals surface area contributed by atoms with E-state index in [1.807, 2.05) is 17.2 Å². The fourth-order valence-electron chi connectivity index (χ4n) is 3.03. The predicted molar refractivity (Wildman–Crippen MR) is 89.3 cm³/mol. The first kappa shape index (κ1) is 15.6. The first-order valence-electron chi connectivity index (χ1n) is 7.45. The van der Waals surface area contributed by atoms with E-state index in [-0.39, 0.29) is 17.5 Å². The highest BCUT2D eigenvalue weighted by molar-refractivity contribution is 7.09. The number of thiazole rings is 1. The third-order valence-electron chi connectivity index (χ3n) is 4.12. The largest absolute Gasteiger partial charge is 0.357 e. The first-order chi connectivity index (χ1) is 11.0. The van der Waals surface area contributed by atoms with Crippen molar-refractivity contribution in [3.05, 3.63) is 50.0 Å². The van der Waals surface area contributed by atoms with Crippen molar-refractivity contribution in [2.75, 3.05) is 11.4 Å². The zero-order chi connectivity index (χ0) is 16.6. The number of carbonyl (C=O) groups excluding carboxylic acids is 1. The van der Waals surface area contributed by atoms with Crippen LogP contribution in [0.5, 0.6) is 0 Å². The molecular weight excluding hydrogens is 314 g/mol. The molecule has 1 aliphatic rings.